The van der Waals surface area contributed by atoms with Gasteiger partial charge in [-0.1, -0.05) is 13.0 Å². The predicted molar refractivity (Wildman–Crippen MR) is 82.2 cm³/mol. The minimum atomic E-state index is -0.400. The van der Waals surface area contributed by atoms with E-state index in [-0.39, 0.29) is 5.75 Å². The summed E-state index contributed by atoms with van der Waals surface area (Å²) < 4.78 is 19.5. The van der Waals surface area contributed by atoms with Crippen molar-refractivity contribution < 1.29 is 9.13 Å². The van der Waals surface area contributed by atoms with Crippen LogP contribution in [0.3, 0.4) is 0 Å². The van der Waals surface area contributed by atoms with Gasteiger partial charge in [-0.3, -0.25) is 0 Å². The van der Waals surface area contributed by atoms with Gasteiger partial charge in [0.1, 0.15) is 11.6 Å². The van der Waals surface area contributed by atoms with Gasteiger partial charge in [0.2, 0.25) is 0 Å². The maximum absolute atomic E-state index is 14.4. The lowest BCUT2D eigenvalue weighted by atomic mass is 10.1. The summed E-state index contributed by atoms with van der Waals surface area (Å²) in [5.74, 6) is 1.17. The molecule has 21 heavy (non-hydrogen) atoms. The van der Waals surface area contributed by atoms with Crippen LogP contribution in [0.2, 0.25) is 0 Å². The van der Waals surface area contributed by atoms with Crippen molar-refractivity contribution in [1.82, 2.24) is 9.97 Å². The predicted octanol–water partition coefficient (Wildman–Crippen LogP) is 3.73. The number of anilines is 1. The molecule has 1 N–H and O–H groups in total. The van der Waals surface area contributed by atoms with Crippen LogP contribution in [0.25, 0.3) is 11.3 Å². The second-order valence-electron chi connectivity index (χ2n) is 4.84. The molecule has 5 heteroatoms. The maximum Gasteiger partial charge on any atom is 0.174 e. The lowest BCUT2D eigenvalue weighted by Gasteiger charge is -2.14. The summed E-state index contributed by atoms with van der Waals surface area (Å²) in [6.45, 7) is 6.60. The molecule has 0 aliphatic rings. The summed E-state index contributed by atoms with van der Waals surface area (Å²) in [7, 11) is 1.45. The van der Waals surface area contributed by atoms with E-state index in [2.05, 4.69) is 22.2 Å². The summed E-state index contributed by atoms with van der Waals surface area (Å²) >= 11 is 0. The first-order chi connectivity index (χ1) is 10.1. The summed E-state index contributed by atoms with van der Waals surface area (Å²) in [5.41, 5.74) is 1.86. The van der Waals surface area contributed by atoms with Gasteiger partial charge in [0.25, 0.3) is 0 Å². The Hall–Kier alpha value is -2.17. The van der Waals surface area contributed by atoms with Gasteiger partial charge in [-0.05, 0) is 32.4 Å². The Balaban J connectivity index is 2.56. The van der Waals surface area contributed by atoms with Gasteiger partial charge in [0, 0.05) is 17.7 Å². The second kappa shape index (κ2) is 6.52. The van der Waals surface area contributed by atoms with Crippen LogP contribution in [0.4, 0.5) is 10.2 Å². The van der Waals surface area contributed by atoms with Gasteiger partial charge < -0.3 is 10.1 Å². The Morgan fingerprint density at radius 2 is 2.00 bits per heavy atom. The van der Waals surface area contributed by atoms with Crippen LogP contribution in [0, 0.1) is 19.7 Å². The normalized spacial score (nSPS) is 10.5. The molecule has 0 aliphatic heterocycles. The van der Waals surface area contributed by atoms with Gasteiger partial charge >= 0.3 is 0 Å². The van der Waals surface area contributed by atoms with Crippen LogP contribution in [-0.2, 0) is 0 Å². The number of ether oxygens (including phenoxy) is 1. The fraction of sp³-hybridized carbons (Fsp3) is 0.375. The van der Waals surface area contributed by atoms with Crippen molar-refractivity contribution in [3.63, 3.8) is 0 Å². The second-order valence-corrected chi connectivity index (χ2v) is 4.84. The van der Waals surface area contributed by atoms with Gasteiger partial charge in [-0.15, -0.1) is 0 Å². The molecular weight excluding hydrogens is 269 g/mol. The van der Waals surface area contributed by atoms with Crippen LogP contribution >= 0.6 is 0 Å². The first-order valence-electron chi connectivity index (χ1n) is 7.00. The lowest BCUT2D eigenvalue weighted by molar-refractivity contribution is 0.387. The molecule has 2 rings (SSSR count). The zero-order valence-electron chi connectivity index (χ0n) is 12.8. The monoisotopic (exact) mass is 289 g/mol. The first-order valence-corrected chi connectivity index (χ1v) is 7.00. The Kier molecular flexibility index (Phi) is 4.73. The molecule has 0 saturated heterocycles. The van der Waals surface area contributed by atoms with E-state index < -0.39 is 5.82 Å². The van der Waals surface area contributed by atoms with Crippen LogP contribution in [0.15, 0.2) is 18.2 Å². The fourth-order valence-corrected chi connectivity index (χ4v) is 2.16. The zero-order chi connectivity index (χ0) is 15.4. The molecule has 0 unspecified atom stereocenters. The Morgan fingerprint density at radius 1 is 1.24 bits per heavy atom. The van der Waals surface area contributed by atoms with E-state index in [0.29, 0.717) is 17.1 Å². The van der Waals surface area contributed by atoms with E-state index in [4.69, 9.17) is 4.74 Å². The number of aryl methyl sites for hydroxylation is 1. The number of hydrogen-bond donors (Lipinski definition) is 1. The van der Waals surface area contributed by atoms with Crippen LogP contribution in [0.5, 0.6) is 5.75 Å². The number of nitrogens with one attached hydrogen (secondary N) is 1. The van der Waals surface area contributed by atoms with E-state index in [9.17, 15) is 4.39 Å². The average Bonchev–Trinajstić information content (AvgIpc) is 2.48. The highest BCUT2D eigenvalue weighted by atomic mass is 19.1. The standard InChI is InChI=1S/C16H20FN3O/c1-5-9-18-16-10(2)15(19-11(3)20-16)12-7-6-8-13(21-4)14(12)17/h6-8H,5,9H2,1-4H3,(H,18,19,20). The van der Waals surface area contributed by atoms with E-state index in [1.165, 1.54) is 7.11 Å². The van der Waals surface area contributed by atoms with E-state index >= 15 is 0 Å². The highest BCUT2D eigenvalue weighted by Gasteiger charge is 2.16. The van der Waals surface area contributed by atoms with E-state index in [1.54, 1.807) is 25.1 Å². The highest BCUT2D eigenvalue weighted by molar-refractivity contribution is 5.70. The quantitative estimate of drug-likeness (QED) is 0.911. The number of aromatic nitrogens is 2. The Labute approximate surface area is 124 Å². The molecule has 112 valence electrons. The van der Waals surface area contributed by atoms with E-state index in [0.717, 1.165) is 24.3 Å². The van der Waals surface area contributed by atoms with Crippen molar-refractivity contribution in [3.8, 4) is 17.0 Å². The number of benzene rings is 1. The van der Waals surface area contributed by atoms with E-state index in [1.807, 2.05) is 6.92 Å². The molecular formula is C16H20FN3O. The van der Waals surface area contributed by atoms with Crippen molar-refractivity contribution in [1.29, 1.82) is 0 Å². The molecule has 0 radical (unpaired) electrons. The molecule has 1 heterocycles. The topological polar surface area (TPSA) is 47.0 Å². The maximum atomic E-state index is 14.4. The van der Waals surface area contributed by atoms with Gasteiger partial charge in [-0.25, -0.2) is 14.4 Å². The number of methoxy groups -OCH3 is 1. The molecule has 0 amide bonds. The molecule has 0 fully saturated rings. The molecule has 1 aromatic heterocycles. The average molecular weight is 289 g/mol. The first kappa shape index (κ1) is 15.2. The molecule has 0 saturated carbocycles. The Bertz CT molecular complexity index is 644. The van der Waals surface area contributed by atoms with Crippen LogP contribution < -0.4 is 10.1 Å². The number of halogens is 1. The number of nitrogens with zero attached hydrogens (tertiary/aromatic N) is 2. The van der Waals surface area contributed by atoms with Gasteiger partial charge in [-0.2, -0.15) is 0 Å². The van der Waals surface area contributed by atoms with Crippen molar-refractivity contribution in [3.05, 3.63) is 35.4 Å². The van der Waals surface area contributed by atoms with Crippen LogP contribution in [-0.4, -0.2) is 23.6 Å². The lowest BCUT2D eigenvalue weighted by Crippen LogP contribution is -2.08. The third-order valence-electron chi connectivity index (χ3n) is 3.24. The summed E-state index contributed by atoms with van der Waals surface area (Å²) in [4.78, 5) is 8.79. The third kappa shape index (κ3) is 3.12. The fourth-order valence-electron chi connectivity index (χ4n) is 2.16. The number of hydrogen-bond acceptors (Lipinski definition) is 4. The molecule has 0 bridgehead atoms. The summed E-state index contributed by atoms with van der Waals surface area (Å²) in [6.07, 6.45) is 0.991. The molecule has 4 nitrogen and oxygen atoms in total. The summed E-state index contributed by atoms with van der Waals surface area (Å²) in [5, 5.41) is 3.26. The molecule has 0 aliphatic carbocycles. The molecule has 0 spiro atoms. The SMILES string of the molecule is CCCNc1nc(C)nc(-c2cccc(OC)c2F)c1C. The largest absolute Gasteiger partial charge is 0.494 e. The Morgan fingerprint density at radius 3 is 2.67 bits per heavy atom. The summed E-state index contributed by atoms with van der Waals surface area (Å²) in [6, 6.07) is 5.06. The van der Waals surface area contributed by atoms with Crippen molar-refractivity contribution in [2.45, 2.75) is 27.2 Å². The minimum Gasteiger partial charge on any atom is -0.494 e. The molecule has 2 aromatic rings. The van der Waals surface area contributed by atoms with Gasteiger partial charge in [0.15, 0.2) is 11.6 Å². The highest BCUT2D eigenvalue weighted by Crippen LogP contribution is 2.31. The zero-order valence-corrected chi connectivity index (χ0v) is 12.8. The van der Waals surface area contributed by atoms with Gasteiger partial charge in [0.05, 0.1) is 12.8 Å². The van der Waals surface area contributed by atoms with Crippen LogP contribution in [0.1, 0.15) is 24.7 Å². The van der Waals surface area contributed by atoms with Crippen molar-refractivity contribution >= 4 is 5.82 Å². The van der Waals surface area contributed by atoms with Crippen molar-refractivity contribution in [2.75, 3.05) is 19.0 Å². The minimum absolute atomic E-state index is 0.214. The van der Waals surface area contributed by atoms with Crippen molar-refractivity contribution in [2.24, 2.45) is 0 Å². The number of rotatable bonds is 5. The molecule has 1 aromatic carbocycles. The smallest absolute Gasteiger partial charge is 0.174 e. The molecule has 0 atom stereocenters. The third-order valence-corrected chi connectivity index (χ3v) is 3.24.